The van der Waals surface area contributed by atoms with Crippen molar-refractivity contribution in [2.75, 3.05) is 13.7 Å². The molecule has 0 saturated carbocycles. The van der Waals surface area contributed by atoms with Crippen LogP contribution in [-0.4, -0.2) is 24.7 Å². The highest BCUT2D eigenvalue weighted by molar-refractivity contribution is 5.94. The van der Waals surface area contributed by atoms with Gasteiger partial charge in [-0.25, -0.2) is 0 Å². The van der Waals surface area contributed by atoms with Gasteiger partial charge in [-0.2, -0.15) is 0 Å². The maximum absolute atomic E-state index is 12.3. The van der Waals surface area contributed by atoms with Gasteiger partial charge in [0.25, 0.3) is 5.91 Å². The highest BCUT2D eigenvalue weighted by atomic mass is 16.5. The Hall–Kier alpha value is -2.99. The first-order valence-electron chi connectivity index (χ1n) is 7.35. The van der Waals surface area contributed by atoms with Gasteiger partial charge in [0.15, 0.2) is 5.60 Å². The first kappa shape index (κ1) is 15.9. The minimum absolute atomic E-state index is 0.0646. The van der Waals surface area contributed by atoms with Crippen LogP contribution in [0.5, 0.6) is 5.75 Å². The SMILES string of the molecule is COc1ccc(C(=O)NC[C@@](O)(c2ccoc2)c2ccco2)cc1. The molecule has 6 nitrogen and oxygen atoms in total. The van der Waals surface area contributed by atoms with Crippen molar-refractivity contribution in [3.8, 4) is 5.75 Å². The lowest BCUT2D eigenvalue weighted by atomic mass is 9.93. The number of aliphatic hydroxyl groups is 1. The number of methoxy groups -OCH3 is 1. The van der Waals surface area contributed by atoms with Gasteiger partial charge in [-0.3, -0.25) is 4.79 Å². The molecule has 0 aliphatic heterocycles. The summed E-state index contributed by atoms with van der Waals surface area (Å²) in [6.07, 6.45) is 4.34. The largest absolute Gasteiger partial charge is 0.497 e. The van der Waals surface area contributed by atoms with Crippen LogP contribution in [0, 0.1) is 0 Å². The van der Waals surface area contributed by atoms with Crippen LogP contribution in [0.2, 0.25) is 0 Å². The second kappa shape index (κ2) is 6.64. The van der Waals surface area contributed by atoms with Crippen LogP contribution < -0.4 is 10.1 Å². The Kier molecular flexibility index (Phi) is 4.39. The molecule has 6 heteroatoms. The van der Waals surface area contributed by atoms with Crippen molar-refractivity contribution in [1.29, 1.82) is 0 Å². The Morgan fingerprint density at radius 2 is 2.00 bits per heavy atom. The fourth-order valence-electron chi connectivity index (χ4n) is 2.40. The Labute approximate surface area is 138 Å². The molecule has 3 aromatic rings. The second-order valence-electron chi connectivity index (χ2n) is 5.26. The normalized spacial score (nSPS) is 13.2. The van der Waals surface area contributed by atoms with Gasteiger partial charge in [0.2, 0.25) is 0 Å². The molecule has 0 spiro atoms. The molecule has 0 unspecified atom stereocenters. The number of carbonyl (C=O) groups is 1. The number of ether oxygens (including phenoxy) is 1. The fourth-order valence-corrected chi connectivity index (χ4v) is 2.40. The number of amides is 1. The predicted octanol–water partition coefficient (Wildman–Crippen LogP) is 2.55. The molecular weight excluding hydrogens is 310 g/mol. The summed E-state index contributed by atoms with van der Waals surface area (Å²) in [4.78, 5) is 12.3. The molecule has 24 heavy (non-hydrogen) atoms. The zero-order chi connectivity index (χ0) is 17.0. The highest BCUT2D eigenvalue weighted by Crippen LogP contribution is 2.29. The molecule has 0 fully saturated rings. The number of carbonyl (C=O) groups excluding carboxylic acids is 1. The van der Waals surface area contributed by atoms with E-state index in [-0.39, 0.29) is 12.5 Å². The molecule has 1 atom stereocenters. The van der Waals surface area contributed by atoms with Gasteiger partial charge in [-0.05, 0) is 42.5 Å². The molecule has 1 aromatic carbocycles. The van der Waals surface area contributed by atoms with Crippen LogP contribution in [-0.2, 0) is 5.60 Å². The Morgan fingerprint density at radius 3 is 2.58 bits per heavy atom. The number of rotatable bonds is 6. The van der Waals surface area contributed by atoms with E-state index in [1.807, 2.05) is 0 Å². The van der Waals surface area contributed by atoms with Crippen LogP contribution in [0.4, 0.5) is 0 Å². The first-order chi connectivity index (χ1) is 11.6. The van der Waals surface area contributed by atoms with E-state index in [1.54, 1.807) is 49.6 Å². The minimum atomic E-state index is -1.52. The van der Waals surface area contributed by atoms with Gasteiger partial charge < -0.3 is 24.0 Å². The number of furan rings is 2. The molecule has 1 amide bonds. The van der Waals surface area contributed by atoms with E-state index in [9.17, 15) is 9.90 Å². The van der Waals surface area contributed by atoms with Gasteiger partial charge >= 0.3 is 0 Å². The molecule has 0 aliphatic rings. The maximum Gasteiger partial charge on any atom is 0.251 e. The Bertz CT molecular complexity index is 741. The van der Waals surface area contributed by atoms with Gasteiger partial charge in [-0.15, -0.1) is 0 Å². The lowest BCUT2D eigenvalue weighted by molar-refractivity contribution is 0.0520. The maximum atomic E-state index is 12.3. The van der Waals surface area contributed by atoms with Crippen molar-refractivity contribution in [2.45, 2.75) is 5.60 Å². The third-order valence-electron chi connectivity index (χ3n) is 3.78. The Morgan fingerprint density at radius 1 is 1.21 bits per heavy atom. The van der Waals surface area contributed by atoms with E-state index in [2.05, 4.69) is 5.32 Å². The van der Waals surface area contributed by atoms with Crippen LogP contribution in [0.3, 0.4) is 0 Å². The van der Waals surface area contributed by atoms with Crippen molar-refractivity contribution >= 4 is 5.91 Å². The predicted molar refractivity (Wildman–Crippen MR) is 85.7 cm³/mol. The monoisotopic (exact) mass is 327 g/mol. The molecule has 3 rings (SSSR count). The highest BCUT2D eigenvalue weighted by Gasteiger charge is 2.36. The molecule has 0 saturated heterocycles. The molecule has 124 valence electrons. The van der Waals surface area contributed by atoms with Crippen molar-refractivity contribution in [3.63, 3.8) is 0 Å². The van der Waals surface area contributed by atoms with E-state index < -0.39 is 5.60 Å². The van der Waals surface area contributed by atoms with Gasteiger partial charge in [0.1, 0.15) is 11.5 Å². The zero-order valence-corrected chi connectivity index (χ0v) is 13.1. The smallest absolute Gasteiger partial charge is 0.251 e. The van der Waals surface area contributed by atoms with Crippen molar-refractivity contribution in [3.05, 3.63) is 78.1 Å². The summed E-state index contributed by atoms with van der Waals surface area (Å²) in [5, 5.41) is 13.7. The summed E-state index contributed by atoms with van der Waals surface area (Å²) in [6.45, 7) is -0.0646. The van der Waals surface area contributed by atoms with Crippen molar-refractivity contribution in [1.82, 2.24) is 5.32 Å². The summed E-state index contributed by atoms with van der Waals surface area (Å²) >= 11 is 0. The second-order valence-corrected chi connectivity index (χ2v) is 5.26. The van der Waals surface area contributed by atoms with E-state index >= 15 is 0 Å². The van der Waals surface area contributed by atoms with E-state index in [4.69, 9.17) is 13.6 Å². The van der Waals surface area contributed by atoms with Gasteiger partial charge in [-0.1, -0.05) is 0 Å². The van der Waals surface area contributed by atoms with Crippen molar-refractivity contribution in [2.24, 2.45) is 0 Å². The summed E-state index contributed by atoms with van der Waals surface area (Å²) < 4.78 is 15.4. The molecule has 2 aromatic heterocycles. The van der Waals surface area contributed by atoms with Crippen LogP contribution in [0.15, 0.2) is 70.1 Å². The zero-order valence-electron chi connectivity index (χ0n) is 13.1. The van der Waals surface area contributed by atoms with Gasteiger partial charge in [0.05, 0.1) is 32.4 Å². The van der Waals surface area contributed by atoms with Gasteiger partial charge in [0, 0.05) is 11.1 Å². The molecule has 0 radical (unpaired) electrons. The molecular formula is C18H17NO5. The topological polar surface area (TPSA) is 84.8 Å². The average molecular weight is 327 g/mol. The quantitative estimate of drug-likeness (QED) is 0.727. The lowest BCUT2D eigenvalue weighted by Crippen LogP contribution is -2.41. The summed E-state index contributed by atoms with van der Waals surface area (Å²) in [6, 6.07) is 11.6. The van der Waals surface area contributed by atoms with Crippen LogP contribution in [0.25, 0.3) is 0 Å². The lowest BCUT2D eigenvalue weighted by Gasteiger charge is -2.25. The molecule has 2 N–H and O–H groups in total. The van der Waals surface area contributed by atoms with E-state index in [0.717, 1.165) is 0 Å². The van der Waals surface area contributed by atoms with Crippen LogP contribution in [0.1, 0.15) is 21.7 Å². The van der Waals surface area contributed by atoms with E-state index in [1.165, 1.54) is 18.8 Å². The summed E-state index contributed by atoms with van der Waals surface area (Å²) in [7, 11) is 1.56. The number of nitrogens with one attached hydrogen (secondary N) is 1. The minimum Gasteiger partial charge on any atom is -0.497 e. The van der Waals surface area contributed by atoms with Crippen LogP contribution >= 0.6 is 0 Å². The summed E-state index contributed by atoms with van der Waals surface area (Å²) in [5.41, 5.74) is -0.559. The van der Waals surface area contributed by atoms with Crippen molar-refractivity contribution < 1.29 is 23.5 Å². The third-order valence-corrected chi connectivity index (χ3v) is 3.78. The van der Waals surface area contributed by atoms with E-state index in [0.29, 0.717) is 22.6 Å². The molecule has 0 bridgehead atoms. The fraction of sp³-hybridized carbons (Fsp3) is 0.167. The third kappa shape index (κ3) is 3.04. The number of benzene rings is 1. The standard InChI is InChI=1S/C18H17NO5/c1-22-15-6-4-13(5-7-15)17(20)19-12-18(21,14-8-10-23-11-14)16-3-2-9-24-16/h2-11,21H,12H2,1H3,(H,19,20)/t18-/m1/s1. The number of hydrogen-bond acceptors (Lipinski definition) is 5. The molecule has 0 aliphatic carbocycles. The average Bonchev–Trinajstić information content (AvgIpc) is 3.33. The molecule has 2 heterocycles. The summed E-state index contributed by atoms with van der Waals surface area (Å²) in [5.74, 6) is 0.669. The number of hydrogen-bond donors (Lipinski definition) is 2. The Balaban J connectivity index is 1.77. The first-order valence-corrected chi connectivity index (χ1v) is 7.35.